The minimum absolute atomic E-state index is 0.402. The third-order valence-corrected chi connectivity index (χ3v) is 12.1. The molecule has 58 heavy (non-hydrogen) atoms. The Kier molecular flexibility index (Phi) is 8.89. The fourth-order valence-electron chi connectivity index (χ4n) is 8.28. The summed E-state index contributed by atoms with van der Waals surface area (Å²) in [6.45, 7) is 6.84. The summed E-state index contributed by atoms with van der Waals surface area (Å²) in [5, 5.41) is 6.03. The summed E-state index contributed by atoms with van der Waals surface area (Å²) in [7, 11) is 0. The Morgan fingerprint density at radius 1 is 0.621 bits per heavy atom. The number of aromatic nitrogens is 2. The SMILES string of the molecule is C=Cc1c(/C=C\C)n(-c2ccc(C(N)=NC(=NCc3ccccc3)c3ccc4c(c3)sc3ccccc34)cc2)c2c1ccc1c3ccccc3n(-c3ccccc3)c12. The normalized spacial score (nSPS) is 12.6. The molecule has 6 heteroatoms. The number of benzene rings is 7. The van der Waals surface area contributed by atoms with Crippen molar-refractivity contribution in [1.82, 2.24) is 9.13 Å². The molecule has 2 N–H and O–H groups in total. The lowest BCUT2D eigenvalue weighted by molar-refractivity contribution is 1.06. The first kappa shape index (κ1) is 35.2. The molecule has 0 amide bonds. The van der Waals surface area contributed by atoms with Crippen molar-refractivity contribution in [3.63, 3.8) is 0 Å². The number of allylic oxidation sites excluding steroid dienone is 1. The molecule has 10 rings (SSSR count). The number of para-hydroxylation sites is 2. The first-order valence-electron chi connectivity index (χ1n) is 19.5. The maximum atomic E-state index is 6.90. The highest BCUT2D eigenvalue weighted by atomic mass is 32.1. The fraction of sp³-hybridized carbons (Fsp3) is 0.0385. The summed E-state index contributed by atoms with van der Waals surface area (Å²) in [4.78, 5) is 10.1. The van der Waals surface area contributed by atoms with Gasteiger partial charge in [0.2, 0.25) is 0 Å². The molecule has 0 atom stereocenters. The lowest BCUT2D eigenvalue weighted by Crippen LogP contribution is -2.16. The quantitative estimate of drug-likeness (QED) is 0.122. The first-order chi connectivity index (χ1) is 28.6. The molecule has 0 radical (unpaired) electrons. The van der Waals surface area contributed by atoms with E-state index in [1.54, 1.807) is 11.3 Å². The number of fused-ring (bicyclic) bond motifs is 8. The second-order valence-electron chi connectivity index (χ2n) is 14.4. The molecule has 0 saturated heterocycles. The van der Waals surface area contributed by atoms with E-state index in [1.807, 2.05) is 24.3 Å². The molecular weight excluding hydrogens is 727 g/mol. The third-order valence-electron chi connectivity index (χ3n) is 10.9. The second kappa shape index (κ2) is 14.7. The maximum Gasteiger partial charge on any atom is 0.157 e. The van der Waals surface area contributed by atoms with Crippen LogP contribution in [-0.4, -0.2) is 20.8 Å². The van der Waals surface area contributed by atoms with Gasteiger partial charge in [-0.05, 0) is 73.2 Å². The largest absolute Gasteiger partial charge is 0.383 e. The summed E-state index contributed by atoms with van der Waals surface area (Å²) in [6.07, 6.45) is 6.24. The number of amidine groups is 2. The number of nitrogens with zero attached hydrogens (tertiary/aromatic N) is 4. The van der Waals surface area contributed by atoms with Crippen LogP contribution in [0.1, 0.15) is 34.9 Å². The summed E-state index contributed by atoms with van der Waals surface area (Å²) in [5.41, 5.74) is 17.4. The van der Waals surface area contributed by atoms with Gasteiger partial charge in [0.1, 0.15) is 5.84 Å². The molecule has 10 aromatic rings. The number of aliphatic imine (C=N–C) groups is 2. The number of nitrogens with two attached hydrogens (primary N) is 1. The van der Waals surface area contributed by atoms with Gasteiger partial charge in [-0.1, -0.05) is 128 Å². The highest BCUT2D eigenvalue weighted by Crippen LogP contribution is 2.41. The lowest BCUT2D eigenvalue weighted by Gasteiger charge is -2.14. The van der Waals surface area contributed by atoms with Crippen LogP contribution in [0.15, 0.2) is 186 Å². The van der Waals surface area contributed by atoms with Gasteiger partial charge in [0.15, 0.2) is 5.84 Å². The van der Waals surface area contributed by atoms with Crippen LogP contribution in [0.25, 0.3) is 76.4 Å². The Labute approximate surface area is 340 Å². The molecule has 7 aromatic carbocycles. The molecule has 3 aromatic heterocycles. The van der Waals surface area contributed by atoms with E-state index in [0.29, 0.717) is 18.2 Å². The van der Waals surface area contributed by atoms with E-state index >= 15 is 0 Å². The summed E-state index contributed by atoms with van der Waals surface area (Å²) in [5.74, 6) is 1.00. The van der Waals surface area contributed by atoms with Crippen LogP contribution >= 0.6 is 11.3 Å². The molecule has 0 aliphatic heterocycles. The van der Waals surface area contributed by atoms with Crippen LogP contribution in [0.3, 0.4) is 0 Å². The topological polar surface area (TPSA) is 60.6 Å². The third kappa shape index (κ3) is 5.94. The van der Waals surface area contributed by atoms with Gasteiger partial charge in [-0.3, -0.25) is 4.99 Å². The first-order valence-corrected chi connectivity index (χ1v) is 20.3. The Morgan fingerprint density at radius 3 is 2.02 bits per heavy atom. The van der Waals surface area contributed by atoms with Crippen LogP contribution < -0.4 is 5.73 Å². The van der Waals surface area contributed by atoms with Gasteiger partial charge < -0.3 is 14.9 Å². The monoisotopic (exact) mass is 765 g/mol. The van der Waals surface area contributed by atoms with Crippen molar-refractivity contribution in [2.75, 3.05) is 0 Å². The molecule has 0 bridgehead atoms. The van der Waals surface area contributed by atoms with Crippen molar-refractivity contribution in [3.05, 3.63) is 204 Å². The average Bonchev–Trinajstić information content (AvgIpc) is 3.93. The fourth-order valence-corrected chi connectivity index (χ4v) is 9.42. The highest BCUT2D eigenvalue weighted by Gasteiger charge is 2.22. The molecule has 0 unspecified atom stereocenters. The average molecular weight is 766 g/mol. The summed E-state index contributed by atoms with van der Waals surface area (Å²) < 4.78 is 7.20. The van der Waals surface area contributed by atoms with Gasteiger partial charge in [0.05, 0.1) is 28.8 Å². The Bertz CT molecular complexity index is 3270. The van der Waals surface area contributed by atoms with Gasteiger partial charge in [0.25, 0.3) is 0 Å². The zero-order valence-corrected chi connectivity index (χ0v) is 32.8. The van der Waals surface area contributed by atoms with Gasteiger partial charge in [-0.15, -0.1) is 11.3 Å². The molecule has 5 nitrogen and oxygen atoms in total. The molecule has 0 fully saturated rings. The van der Waals surface area contributed by atoms with E-state index in [4.69, 9.17) is 15.7 Å². The molecule has 0 spiro atoms. The molecule has 278 valence electrons. The Balaban J connectivity index is 1.12. The highest BCUT2D eigenvalue weighted by molar-refractivity contribution is 7.25. The van der Waals surface area contributed by atoms with Crippen LogP contribution in [0.2, 0.25) is 0 Å². The van der Waals surface area contributed by atoms with Crippen molar-refractivity contribution >= 4 is 88.0 Å². The minimum Gasteiger partial charge on any atom is -0.383 e. The zero-order chi connectivity index (χ0) is 39.2. The predicted octanol–water partition coefficient (Wildman–Crippen LogP) is 13.1. The van der Waals surface area contributed by atoms with Gasteiger partial charge in [0, 0.05) is 64.4 Å². The molecule has 0 aliphatic rings. The zero-order valence-electron chi connectivity index (χ0n) is 32.0. The van der Waals surface area contributed by atoms with Crippen molar-refractivity contribution in [1.29, 1.82) is 0 Å². The number of rotatable bonds is 8. The molecular formula is C52H39N5S. The lowest BCUT2D eigenvalue weighted by atomic mass is 10.1. The standard InChI is InChI=1S/C52H39N5S/c1-3-15-45-39(4-2)43-30-31-44-40-20-11-13-22-46(40)56(37-18-9-6-10-19-37)50(44)49(43)57(45)38-27-24-35(25-28-38)51(53)55-52(54-33-34-16-7-5-8-17-34)36-26-29-42-41-21-12-14-23-47(41)58-48(42)32-36/h3-32H,2,33H2,1H3,(H2,53,54,55)/b15-3-. The van der Waals surface area contributed by atoms with E-state index in [9.17, 15) is 0 Å². The van der Waals surface area contributed by atoms with E-state index in [1.165, 1.54) is 30.9 Å². The number of thiophene rings is 1. The second-order valence-corrected chi connectivity index (χ2v) is 15.4. The Hall–Kier alpha value is -7.28. The number of hydrogen-bond acceptors (Lipinski definition) is 2. The minimum atomic E-state index is 0.402. The van der Waals surface area contributed by atoms with Crippen LogP contribution in [0.5, 0.6) is 0 Å². The predicted molar refractivity (Wildman–Crippen MR) is 249 cm³/mol. The van der Waals surface area contributed by atoms with Crippen molar-refractivity contribution in [3.8, 4) is 11.4 Å². The van der Waals surface area contributed by atoms with Crippen molar-refractivity contribution in [2.24, 2.45) is 15.7 Å². The number of hydrogen-bond donors (Lipinski definition) is 1. The van der Waals surface area contributed by atoms with Gasteiger partial charge >= 0.3 is 0 Å². The van der Waals surface area contributed by atoms with Crippen molar-refractivity contribution in [2.45, 2.75) is 13.5 Å². The van der Waals surface area contributed by atoms with E-state index in [0.717, 1.165) is 61.3 Å². The molecule has 3 heterocycles. The van der Waals surface area contributed by atoms with E-state index < -0.39 is 0 Å². The Morgan fingerprint density at radius 2 is 1.24 bits per heavy atom. The van der Waals surface area contributed by atoms with Crippen LogP contribution in [-0.2, 0) is 6.54 Å². The van der Waals surface area contributed by atoms with Crippen LogP contribution in [0.4, 0.5) is 0 Å². The molecule has 0 saturated carbocycles. The van der Waals surface area contributed by atoms with Gasteiger partial charge in [-0.25, -0.2) is 4.99 Å². The maximum absolute atomic E-state index is 6.90. The summed E-state index contributed by atoms with van der Waals surface area (Å²) in [6, 6.07) is 57.4. The van der Waals surface area contributed by atoms with E-state index in [-0.39, 0.29) is 0 Å². The smallest absolute Gasteiger partial charge is 0.157 e. The van der Waals surface area contributed by atoms with E-state index in [2.05, 4.69) is 180 Å². The van der Waals surface area contributed by atoms with Gasteiger partial charge in [-0.2, -0.15) is 0 Å². The van der Waals surface area contributed by atoms with Crippen molar-refractivity contribution < 1.29 is 0 Å². The summed E-state index contributed by atoms with van der Waals surface area (Å²) >= 11 is 1.78. The van der Waals surface area contributed by atoms with Crippen LogP contribution in [0, 0.1) is 0 Å². The molecule has 0 aliphatic carbocycles.